The molecule has 0 bridgehead atoms. The molecule has 0 radical (unpaired) electrons. The first-order valence-electron chi connectivity index (χ1n) is 23.0. The fourth-order valence-electron chi connectivity index (χ4n) is 11.0. The van der Waals surface area contributed by atoms with Gasteiger partial charge in [-0.15, -0.1) is 0 Å². The van der Waals surface area contributed by atoms with Crippen LogP contribution in [0.2, 0.25) is 0 Å². The maximum atomic E-state index is 2.53. The van der Waals surface area contributed by atoms with E-state index in [1.165, 1.54) is 111 Å². The highest BCUT2D eigenvalue weighted by atomic mass is 14.4. The lowest BCUT2D eigenvalue weighted by Gasteiger charge is -2.26. The molecule has 0 saturated heterocycles. The number of hydrogen-bond acceptors (Lipinski definition) is 0. The maximum absolute atomic E-state index is 2.53. The van der Waals surface area contributed by atoms with Crippen molar-refractivity contribution in [3.8, 4) is 66.8 Å². The molecule has 308 valence electrons. The van der Waals surface area contributed by atoms with Gasteiger partial charge in [-0.05, 0) is 111 Å². The molecule has 0 amide bonds. The summed E-state index contributed by atoms with van der Waals surface area (Å²) in [6.45, 7) is 4.85. The molecule has 65 heavy (non-hydrogen) atoms. The summed E-state index contributed by atoms with van der Waals surface area (Å²) < 4.78 is 0. The van der Waals surface area contributed by atoms with Crippen molar-refractivity contribution in [2.45, 2.75) is 31.1 Å². The minimum absolute atomic E-state index is 0.0277. The van der Waals surface area contributed by atoms with Gasteiger partial charge in [0.15, 0.2) is 0 Å². The van der Waals surface area contributed by atoms with Crippen molar-refractivity contribution in [1.29, 1.82) is 0 Å². The molecule has 2 aliphatic rings. The Kier molecular flexibility index (Phi) is 9.42. The van der Waals surface area contributed by atoms with Gasteiger partial charge in [-0.2, -0.15) is 0 Å². The Labute approximate surface area is 383 Å². The van der Waals surface area contributed by atoms with Crippen molar-refractivity contribution in [2.75, 3.05) is 0 Å². The summed E-state index contributed by atoms with van der Waals surface area (Å²) >= 11 is 0. The Morgan fingerprint density at radius 3 is 1.25 bits per heavy atom. The van der Waals surface area contributed by atoms with Crippen LogP contribution in [0.3, 0.4) is 0 Å². The quantitative estimate of drug-likeness (QED) is 0.134. The lowest BCUT2D eigenvalue weighted by molar-refractivity contribution is 0.657. The largest absolute Gasteiger partial charge is 0.0622 e. The zero-order valence-electron chi connectivity index (χ0n) is 36.7. The number of benzene rings is 10. The predicted octanol–water partition coefficient (Wildman–Crippen LogP) is 17.0. The second kappa shape index (κ2) is 15.8. The highest BCUT2D eigenvalue weighted by Gasteiger charge is 2.38. The van der Waals surface area contributed by atoms with Gasteiger partial charge in [0, 0.05) is 17.3 Å². The highest BCUT2D eigenvalue weighted by molar-refractivity contribution is 5.84. The van der Waals surface area contributed by atoms with Crippen LogP contribution in [0.4, 0.5) is 0 Å². The fraction of sp³-hybridized carbons (Fsp3) is 0.0769. The lowest BCUT2D eigenvalue weighted by atomic mass is 9.78. The second-order valence-electron chi connectivity index (χ2n) is 18.4. The smallest absolute Gasteiger partial charge is 0.0352 e. The zero-order chi connectivity index (χ0) is 43.5. The number of fused-ring (bicyclic) bond motifs is 6. The molecule has 10 aromatic rings. The SMILES string of the molecule is CC1(C)c2cc(C(c3ccc(-c4ccc(-c5ccccc5)cc4)cc3)c3cccc(-c4ccc(-c5ccccc5)cc4)c3)ccc2-c2ccc(C3c4ccccc4-c4ccccc43)cc21. The van der Waals surface area contributed by atoms with E-state index in [0.29, 0.717) is 0 Å². The number of rotatable bonds is 8. The number of hydrogen-bond donors (Lipinski definition) is 0. The van der Waals surface area contributed by atoms with Gasteiger partial charge < -0.3 is 0 Å². The summed E-state index contributed by atoms with van der Waals surface area (Å²) in [5.41, 5.74) is 25.8. The molecule has 0 heterocycles. The second-order valence-corrected chi connectivity index (χ2v) is 18.4. The molecule has 1 unspecified atom stereocenters. The molecular formula is C65H48. The molecule has 12 rings (SSSR count). The van der Waals surface area contributed by atoms with Crippen LogP contribution in [0.5, 0.6) is 0 Å². The summed E-state index contributed by atoms with van der Waals surface area (Å²) in [4.78, 5) is 0. The van der Waals surface area contributed by atoms with Crippen molar-refractivity contribution < 1.29 is 0 Å². The van der Waals surface area contributed by atoms with E-state index in [2.05, 4.69) is 257 Å². The van der Waals surface area contributed by atoms with Gasteiger partial charge in [-0.3, -0.25) is 0 Å². The Bertz CT molecular complexity index is 3310. The average Bonchev–Trinajstić information content (AvgIpc) is 3.82. The van der Waals surface area contributed by atoms with Crippen molar-refractivity contribution in [3.63, 3.8) is 0 Å². The van der Waals surface area contributed by atoms with Crippen molar-refractivity contribution in [3.05, 3.63) is 287 Å². The van der Waals surface area contributed by atoms with Crippen LogP contribution < -0.4 is 0 Å². The third-order valence-electron chi connectivity index (χ3n) is 14.3. The van der Waals surface area contributed by atoms with Crippen molar-refractivity contribution in [2.24, 2.45) is 0 Å². The molecule has 0 fully saturated rings. The van der Waals surface area contributed by atoms with Gasteiger partial charge in [-0.25, -0.2) is 0 Å². The topological polar surface area (TPSA) is 0 Å². The van der Waals surface area contributed by atoms with Crippen molar-refractivity contribution >= 4 is 0 Å². The normalized spacial score (nSPS) is 13.7. The molecule has 10 aromatic carbocycles. The van der Waals surface area contributed by atoms with Gasteiger partial charge in [0.25, 0.3) is 0 Å². The molecule has 1 atom stereocenters. The Morgan fingerprint density at radius 1 is 0.292 bits per heavy atom. The van der Waals surface area contributed by atoms with Crippen LogP contribution in [0.15, 0.2) is 243 Å². The average molecular weight is 829 g/mol. The molecule has 0 heteroatoms. The van der Waals surface area contributed by atoms with E-state index in [1.54, 1.807) is 0 Å². The van der Waals surface area contributed by atoms with Gasteiger partial charge in [0.2, 0.25) is 0 Å². The molecular weight excluding hydrogens is 781 g/mol. The van der Waals surface area contributed by atoms with Gasteiger partial charge >= 0.3 is 0 Å². The van der Waals surface area contributed by atoms with E-state index in [9.17, 15) is 0 Å². The molecule has 0 spiro atoms. The summed E-state index contributed by atoms with van der Waals surface area (Å²) in [5.74, 6) is 0.249. The van der Waals surface area contributed by atoms with E-state index in [1.807, 2.05) is 0 Å². The lowest BCUT2D eigenvalue weighted by Crippen LogP contribution is -2.16. The third-order valence-corrected chi connectivity index (χ3v) is 14.3. The predicted molar refractivity (Wildman–Crippen MR) is 272 cm³/mol. The standard InChI is InChI=1S/C65H48/c1-65(2)61-41-53(36-38-57(61)58-39-37-54(42-62(58)65)64-59-22-11-9-20-55(59)56-21-10-12-23-60(56)64)63(50-34-32-48(33-35-50)47-26-24-45(25-27-47)43-14-5-3-6-15-43)52-19-13-18-51(40-52)49-30-28-46(29-31-49)44-16-7-4-8-17-44/h3-42,63-64H,1-2H3. The molecule has 0 N–H and O–H groups in total. The van der Waals surface area contributed by atoms with Crippen LogP contribution in [0.25, 0.3) is 66.8 Å². The van der Waals surface area contributed by atoms with E-state index in [-0.39, 0.29) is 17.3 Å². The van der Waals surface area contributed by atoms with E-state index < -0.39 is 0 Å². The van der Waals surface area contributed by atoms with Gasteiger partial charge in [-0.1, -0.05) is 257 Å². The summed E-state index contributed by atoms with van der Waals surface area (Å²) in [5, 5.41) is 0. The van der Waals surface area contributed by atoms with Gasteiger partial charge in [0.1, 0.15) is 0 Å². The van der Waals surface area contributed by atoms with Crippen LogP contribution in [-0.2, 0) is 5.41 Å². The fourth-order valence-corrected chi connectivity index (χ4v) is 11.0. The monoisotopic (exact) mass is 828 g/mol. The molecule has 0 aliphatic heterocycles. The van der Waals surface area contributed by atoms with Gasteiger partial charge in [0.05, 0.1) is 0 Å². The molecule has 0 aromatic heterocycles. The first-order valence-corrected chi connectivity index (χ1v) is 23.0. The van der Waals surface area contributed by atoms with E-state index in [0.717, 1.165) is 0 Å². The minimum atomic E-state index is -0.184. The van der Waals surface area contributed by atoms with Crippen LogP contribution in [0.1, 0.15) is 70.2 Å². The van der Waals surface area contributed by atoms with Crippen LogP contribution in [-0.4, -0.2) is 0 Å². The highest BCUT2D eigenvalue weighted by Crippen LogP contribution is 2.53. The minimum Gasteiger partial charge on any atom is -0.0622 e. The zero-order valence-corrected chi connectivity index (χ0v) is 36.7. The first-order chi connectivity index (χ1) is 32.0. The summed E-state index contributed by atoms with van der Waals surface area (Å²) in [6, 6.07) is 90.3. The molecule has 0 saturated carbocycles. The van der Waals surface area contributed by atoms with Crippen LogP contribution in [0, 0.1) is 0 Å². The maximum Gasteiger partial charge on any atom is 0.0352 e. The Morgan fingerprint density at radius 2 is 0.692 bits per heavy atom. The summed E-state index contributed by atoms with van der Waals surface area (Å²) in [7, 11) is 0. The molecule has 0 nitrogen and oxygen atoms in total. The Balaban J connectivity index is 0.927. The van der Waals surface area contributed by atoms with E-state index >= 15 is 0 Å². The van der Waals surface area contributed by atoms with Crippen molar-refractivity contribution in [1.82, 2.24) is 0 Å². The van der Waals surface area contributed by atoms with E-state index in [4.69, 9.17) is 0 Å². The summed E-state index contributed by atoms with van der Waals surface area (Å²) in [6.07, 6.45) is 0. The Hall–Kier alpha value is -7.80. The molecule has 2 aliphatic carbocycles. The first kappa shape index (κ1) is 38.8. The van der Waals surface area contributed by atoms with Crippen LogP contribution >= 0.6 is 0 Å². The third kappa shape index (κ3) is 6.77.